The van der Waals surface area contributed by atoms with Crippen LogP contribution in [-0.2, 0) is 33.9 Å². The van der Waals surface area contributed by atoms with E-state index in [1.54, 1.807) is 21.9 Å². The Morgan fingerprint density at radius 1 is 0.712 bits per heavy atom. The monoisotopic (exact) mass is 800 g/mol. The zero-order valence-electron chi connectivity index (χ0n) is 35.3. The number of fused-ring (bicyclic) bond motifs is 2. The zero-order chi connectivity index (χ0) is 41.4. The molecule has 0 saturated carbocycles. The normalized spacial score (nSPS) is 17.9. The van der Waals surface area contributed by atoms with Crippen LogP contribution in [0, 0.1) is 0 Å². The van der Waals surface area contributed by atoms with E-state index in [2.05, 4.69) is 30.4 Å². The molecule has 6 rings (SSSR count). The fourth-order valence-corrected chi connectivity index (χ4v) is 8.80. The number of unbranched alkanes of at least 4 members (excludes halogenated alkanes) is 12. The third-order valence-electron chi connectivity index (χ3n) is 12.1. The van der Waals surface area contributed by atoms with Crippen molar-refractivity contribution in [2.24, 2.45) is 0 Å². The maximum atomic E-state index is 14.7. The van der Waals surface area contributed by atoms with Crippen LogP contribution in [0.2, 0.25) is 0 Å². The van der Waals surface area contributed by atoms with Gasteiger partial charge in [0.05, 0.1) is 6.04 Å². The molecule has 2 fully saturated rings. The molecule has 1 unspecified atom stereocenters. The Morgan fingerprint density at radius 3 is 2.03 bits per heavy atom. The number of carbonyl (C=O) groups is 4. The number of piperazine rings is 1. The lowest BCUT2D eigenvalue weighted by Gasteiger charge is -2.55. The molecule has 314 valence electrons. The summed E-state index contributed by atoms with van der Waals surface area (Å²) in [5.41, 5.74) is 2.81. The lowest BCUT2D eigenvalue weighted by Crippen LogP contribution is -2.75. The SMILES string of the molecule is CCCCCCCCCCCCCCCC(=O)Oc1ccc(C[C@H]2C(=O)N(Cc3cccc4ccccc34)[C@@H](C)C3N(C(=O)NCc4ccccc4)CCC(=O)N32)cc1. The number of nitrogens with zero attached hydrogens (tertiary/aromatic N) is 3. The van der Waals surface area contributed by atoms with E-state index < -0.39 is 18.2 Å². The average Bonchev–Trinajstić information content (AvgIpc) is 3.25. The van der Waals surface area contributed by atoms with Gasteiger partial charge < -0.3 is 24.8 Å². The zero-order valence-corrected chi connectivity index (χ0v) is 35.3. The highest BCUT2D eigenvalue weighted by Crippen LogP contribution is 2.34. The molecule has 4 aromatic rings. The van der Waals surface area contributed by atoms with Crippen molar-refractivity contribution < 1.29 is 23.9 Å². The van der Waals surface area contributed by atoms with Crippen molar-refractivity contribution in [1.29, 1.82) is 0 Å². The van der Waals surface area contributed by atoms with Gasteiger partial charge in [-0.3, -0.25) is 14.4 Å². The van der Waals surface area contributed by atoms with E-state index in [4.69, 9.17) is 4.74 Å². The molecule has 2 aliphatic heterocycles. The number of carbonyl (C=O) groups excluding carboxylic acids is 4. The molecular weight excluding hydrogens is 737 g/mol. The van der Waals surface area contributed by atoms with E-state index in [0.717, 1.165) is 46.7 Å². The number of amides is 4. The van der Waals surface area contributed by atoms with E-state index in [-0.39, 0.29) is 43.2 Å². The topological polar surface area (TPSA) is 99.3 Å². The second-order valence-corrected chi connectivity index (χ2v) is 16.5. The summed E-state index contributed by atoms with van der Waals surface area (Å²) in [5.74, 6) is -0.0812. The van der Waals surface area contributed by atoms with Crippen LogP contribution in [0.5, 0.6) is 5.75 Å². The molecule has 4 aromatic carbocycles. The van der Waals surface area contributed by atoms with E-state index in [9.17, 15) is 19.2 Å². The highest BCUT2D eigenvalue weighted by molar-refractivity contribution is 5.92. The molecule has 4 amide bonds. The predicted octanol–water partition coefficient (Wildman–Crippen LogP) is 10.3. The Morgan fingerprint density at radius 2 is 1.34 bits per heavy atom. The van der Waals surface area contributed by atoms with Gasteiger partial charge in [-0.25, -0.2) is 4.79 Å². The van der Waals surface area contributed by atoms with Gasteiger partial charge in [-0.1, -0.05) is 169 Å². The predicted molar refractivity (Wildman–Crippen MR) is 234 cm³/mol. The average molecular weight is 801 g/mol. The van der Waals surface area contributed by atoms with Crippen LogP contribution >= 0.6 is 0 Å². The number of urea groups is 1. The molecule has 0 aromatic heterocycles. The van der Waals surface area contributed by atoms with E-state index in [1.807, 2.05) is 78.6 Å². The molecule has 0 bridgehead atoms. The molecule has 9 nitrogen and oxygen atoms in total. The van der Waals surface area contributed by atoms with Crippen molar-refractivity contribution in [1.82, 2.24) is 20.0 Å². The Labute approximate surface area is 351 Å². The van der Waals surface area contributed by atoms with Gasteiger partial charge in [-0.05, 0) is 52.9 Å². The second-order valence-electron chi connectivity index (χ2n) is 16.5. The summed E-state index contributed by atoms with van der Waals surface area (Å²) >= 11 is 0. The molecule has 1 N–H and O–H groups in total. The van der Waals surface area contributed by atoms with E-state index in [1.165, 1.54) is 64.2 Å². The van der Waals surface area contributed by atoms with Crippen LogP contribution in [0.1, 0.15) is 127 Å². The van der Waals surface area contributed by atoms with Gasteiger partial charge in [0.25, 0.3) is 0 Å². The highest BCUT2D eigenvalue weighted by atomic mass is 16.5. The Balaban J connectivity index is 1.08. The molecule has 59 heavy (non-hydrogen) atoms. The summed E-state index contributed by atoms with van der Waals surface area (Å²) in [5, 5.41) is 5.21. The van der Waals surface area contributed by atoms with Crippen LogP contribution in [0.4, 0.5) is 4.79 Å². The van der Waals surface area contributed by atoms with Gasteiger partial charge in [-0.2, -0.15) is 0 Å². The summed E-state index contributed by atoms with van der Waals surface area (Å²) < 4.78 is 5.69. The molecule has 3 atom stereocenters. The molecule has 2 saturated heterocycles. The van der Waals surface area contributed by atoms with Crippen molar-refractivity contribution >= 4 is 34.6 Å². The molecule has 2 heterocycles. The number of benzene rings is 4. The lowest BCUT2D eigenvalue weighted by atomic mass is 9.93. The number of ether oxygens (including phenoxy) is 1. The van der Waals surface area contributed by atoms with E-state index in [0.29, 0.717) is 25.3 Å². The summed E-state index contributed by atoms with van der Waals surface area (Å²) in [6.45, 7) is 5.14. The van der Waals surface area contributed by atoms with Crippen LogP contribution in [0.3, 0.4) is 0 Å². The molecule has 2 aliphatic rings. The molecule has 0 spiro atoms. The Hall–Kier alpha value is -5.18. The number of hydrogen-bond donors (Lipinski definition) is 1. The van der Waals surface area contributed by atoms with Crippen molar-refractivity contribution in [2.75, 3.05) is 6.54 Å². The van der Waals surface area contributed by atoms with Crippen LogP contribution in [-0.4, -0.2) is 63.3 Å². The first-order chi connectivity index (χ1) is 28.8. The minimum absolute atomic E-state index is 0.128. The maximum absolute atomic E-state index is 14.7. The molecule has 0 radical (unpaired) electrons. The van der Waals surface area contributed by atoms with E-state index >= 15 is 0 Å². The van der Waals surface area contributed by atoms with Gasteiger partial charge in [0.15, 0.2) is 0 Å². The number of rotatable bonds is 21. The number of hydrogen-bond acceptors (Lipinski definition) is 5. The Bertz CT molecular complexity index is 1960. The number of nitrogens with one attached hydrogen (secondary N) is 1. The van der Waals surface area contributed by atoms with Crippen molar-refractivity contribution in [2.45, 2.75) is 148 Å². The van der Waals surface area contributed by atoms with Gasteiger partial charge >= 0.3 is 12.0 Å². The molecule has 0 aliphatic carbocycles. The minimum atomic E-state index is -0.827. The summed E-state index contributed by atoms with van der Waals surface area (Å²) in [6, 6.07) is 29.6. The first-order valence-electron chi connectivity index (χ1n) is 22.3. The summed E-state index contributed by atoms with van der Waals surface area (Å²) in [6.07, 6.45) is 16.4. The largest absolute Gasteiger partial charge is 0.427 e. The third kappa shape index (κ3) is 12.0. The first kappa shape index (κ1) is 43.4. The van der Waals surface area contributed by atoms with Crippen LogP contribution in [0.25, 0.3) is 10.8 Å². The van der Waals surface area contributed by atoms with Crippen molar-refractivity contribution in [3.05, 3.63) is 114 Å². The third-order valence-corrected chi connectivity index (χ3v) is 12.1. The minimum Gasteiger partial charge on any atom is -0.427 e. The van der Waals surface area contributed by atoms with Crippen molar-refractivity contribution in [3.8, 4) is 5.75 Å². The standard InChI is InChI=1S/C50H64N4O5/c1-3-4-5-6-7-8-9-10-11-12-13-14-18-28-47(56)59-43-31-29-39(30-32-43)35-45-49(57)53(37-42-26-21-25-41-24-19-20-27-44(41)42)38(2)48-52(34-33-46(55)54(45)48)50(58)51-36-40-22-16-15-17-23-40/h15-17,19-27,29-32,38,45,48H,3-14,18,28,33-37H2,1-2H3,(H,51,58)/t38-,45-,48?/m0/s1. The smallest absolute Gasteiger partial charge is 0.319 e. The van der Waals surface area contributed by atoms with Gasteiger partial charge in [0.1, 0.15) is 18.0 Å². The second kappa shape index (κ2) is 22.3. The highest BCUT2D eigenvalue weighted by Gasteiger charge is 2.52. The summed E-state index contributed by atoms with van der Waals surface area (Å²) in [7, 11) is 0. The quantitative estimate of drug-likeness (QED) is 0.0514. The van der Waals surface area contributed by atoms with Crippen molar-refractivity contribution in [3.63, 3.8) is 0 Å². The lowest BCUT2D eigenvalue weighted by molar-refractivity contribution is -0.173. The number of esters is 1. The van der Waals surface area contributed by atoms with Gasteiger partial charge in [0, 0.05) is 38.9 Å². The Kier molecular flexibility index (Phi) is 16.4. The summed E-state index contributed by atoms with van der Waals surface area (Å²) in [4.78, 5) is 60.4. The van der Waals surface area contributed by atoms with Crippen LogP contribution in [0.15, 0.2) is 97.1 Å². The molecule has 9 heteroatoms. The first-order valence-corrected chi connectivity index (χ1v) is 22.3. The van der Waals surface area contributed by atoms with Crippen LogP contribution < -0.4 is 10.1 Å². The maximum Gasteiger partial charge on any atom is 0.319 e. The van der Waals surface area contributed by atoms with Gasteiger partial charge in [0.2, 0.25) is 11.8 Å². The molecular formula is C50H64N4O5. The fraction of sp³-hybridized carbons (Fsp3) is 0.480. The fourth-order valence-electron chi connectivity index (χ4n) is 8.80. The van der Waals surface area contributed by atoms with Gasteiger partial charge in [-0.15, -0.1) is 0 Å².